The van der Waals surface area contributed by atoms with Gasteiger partial charge in [-0.1, -0.05) is 46.0 Å². The molecule has 0 aliphatic heterocycles. The average Bonchev–Trinajstić information content (AvgIpc) is 2.44. The van der Waals surface area contributed by atoms with E-state index in [9.17, 15) is 9.59 Å². The summed E-state index contributed by atoms with van der Waals surface area (Å²) in [5.74, 6) is 1.08. The van der Waals surface area contributed by atoms with Crippen molar-refractivity contribution in [3.05, 3.63) is 0 Å². The van der Waals surface area contributed by atoms with Crippen molar-refractivity contribution in [3.8, 4) is 0 Å². The van der Waals surface area contributed by atoms with Gasteiger partial charge >= 0.3 is 11.9 Å². The molecule has 2 unspecified atom stereocenters. The summed E-state index contributed by atoms with van der Waals surface area (Å²) in [6.07, 6.45) is 10.3. The smallest absolute Gasteiger partial charge is 0.303 e. The van der Waals surface area contributed by atoms with E-state index in [-0.39, 0.29) is 0 Å². The van der Waals surface area contributed by atoms with Crippen LogP contribution in [0, 0.1) is 23.7 Å². The van der Waals surface area contributed by atoms with E-state index in [1.807, 2.05) is 0 Å². The molecule has 22 heavy (non-hydrogen) atoms. The van der Waals surface area contributed by atoms with Gasteiger partial charge in [0.05, 0.1) is 0 Å². The summed E-state index contributed by atoms with van der Waals surface area (Å²) >= 11 is 0. The van der Waals surface area contributed by atoms with Crippen LogP contribution in [0.3, 0.4) is 0 Å². The molecule has 0 heterocycles. The molecule has 4 heteroatoms. The molecule has 2 atom stereocenters. The molecule has 2 aliphatic rings. The van der Waals surface area contributed by atoms with Crippen LogP contribution in [-0.4, -0.2) is 22.2 Å². The molecule has 2 saturated carbocycles. The van der Waals surface area contributed by atoms with Gasteiger partial charge in [-0.25, -0.2) is 0 Å². The van der Waals surface area contributed by atoms with Gasteiger partial charge in [-0.15, -0.1) is 0 Å². The number of carbonyl (C=O) groups is 2. The maximum Gasteiger partial charge on any atom is 0.303 e. The zero-order chi connectivity index (χ0) is 16.5. The van der Waals surface area contributed by atoms with Gasteiger partial charge in [-0.3, -0.25) is 9.59 Å². The predicted molar refractivity (Wildman–Crippen MR) is 86.7 cm³/mol. The Morgan fingerprint density at radius 1 is 0.818 bits per heavy atom. The molecule has 2 N–H and O–H groups in total. The lowest BCUT2D eigenvalue weighted by Gasteiger charge is -2.27. The minimum absolute atomic E-state index is 0.376. The lowest BCUT2D eigenvalue weighted by molar-refractivity contribution is -0.139. The third-order valence-electron chi connectivity index (χ3n) is 5.32. The largest absolute Gasteiger partial charge is 0.481 e. The molecule has 0 spiro atoms. The quantitative estimate of drug-likeness (QED) is 0.797. The first-order valence-electron chi connectivity index (χ1n) is 8.82. The van der Waals surface area contributed by atoms with Crippen molar-refractivity contribution >= 4 is 11.9 Å². The number of hydrogen-bond donors (Lipinski definition) is 2. The summed E-state index contributed by atoms with van der Waals surface area (Å²) in [6.45, 7) is 4.42. The van der Waals surface area contributed by atoms with Crippen molar-refractivity contribution in [2.75, 3.05) is 0 Å². The Morgan fingerprint density at radius 3 is 1.86 bits per heavy atom. The lowest BCUT2D eigenvalue weighted by Crippen LogP contribution is -2.19. The Balaban J connectivity index is 0.000000220. The van der Waals surface area contributed by atoms with E-state index in [0.717, 1.165) is 25.2 Å². The van der Waals surface area contributed by atoms with Crippen molar-refractivity contribution in [2.24, 2.45) is 23.7 Å². The van der Waals surface area contributed by atoms with Crippen LogP contribution in [0.5, 0.6) is 0 Å². The van der Waals surface area contributed by atoms with Crippen LogP contribution in [0.4, 0.5) is 0 Å². The molecule has 0 aromatic rings. The molecule has 0 radical (unpaired) electrons. The second-order valence-corrected chi connectivity index (χ2v) is 7.34. The third-order valence-corrected chi connectivity index (χ3v) is 5.32. The van der Waals surface area contributed by atoms with Gasteiger partial charge in [-0.2, -0.15) is 0 Å². The second-order valence-electron chi connectivity index (χ2n) is 7.34. The summed E-state index contributed by atoms with van der Waals surface area (Å²) in [5, 5.41) is 17.1. The zero-order valence-corrected chi connectivity index (χ0v) is 14.1. The molecule has 0 saturated heterocycles. The number of carboxylic acid groups (broad SMARTS) is 2. The Kier molecular flexibility index (Phi) is 8.51. The van der Waals surface area contributed by atoms with Crippen molar-refractivity contribution in [2.45, 2.75) is 78.1 Å². The number of aliphatic carboxylic acids is 2. The van der Waals surface area contributed by atoms with Gasteiger partial charge in [0, 0.05) is 12.8 Å². The molecule has 0 amide bonds. The summed E-state index contributed by atoms with van der Waals surface area (Å²) < 4.78 is 0. The van der Waals surface area contributed by atoms with Gasteiger partial charge in [-0.05, 0) is 42.9 Å². The van der Waals surface area contributed by atoms with Crippen LogP contribution in [0.25, 0.3) is 0 Å². The lowest BCUT2D eigenvalue weighted by atomic mass is 9.79. The molecule has 2 rings (SSSR count). The molecule has 0 aromatic carbocycles. The fourth-order valence-corrected chi connectivity index (χ4v) is 3.70. The van der Waals surface area contributed by atoms with Gasteiger partial charge in [0.1, 0.15) is 0 Å². The van der Waals surface area contributed by atoms with Gasteiger partial charge < -0.3 is 10.2 Å². The average molecular weight is 312 g/mol. The van der Waals surface area contributed by atoms with Crippen LogP contribution in [-0.2, 0) is 9.59 Å². The van der Waals surface area contributed by atoms with Gasteiger partial charge in [0.15, 0.2) is 0 Å². The molecule has 128 valence electrons. The van der Waals surface area contributed by atoms with E-state index in [0.29, 0.717) is 30.6 Å². The van der Waals surface area contributed by atoms with Crippen molar-refractivity contribution < 1.29 is 19.8 Å². The van der Waals surface area contributed by atoms with Crippen LogP contribution in [0.1, 0.15) is 78.1 Å². The Labute approximate surface area is 134 Å². The van der Waals surface area contributed by atoms with Crippen LogP contribution in [0.15, 0.2) is 0 Å². The SMILES string of the molecule is CC1CCC(CC(=O)O)CC1.CC1CCCCC1CC(=O)O. The van der Waals surface area contributed by atoms with E-state index in [2.05, 4.69) is 13.8 Å². The number of hydrogen-bond acceptors (Lipinski definition) is 2. The molecular formula is C18H32O4. The van der Waals surface area contributed by atoms with Gasteiger partial charge in [0.25, 0.3) is 0 Å². The first kappa shape index (κ1) is 19.0. The topological polar surface area (TPSA) is 74.6 Å². The van der Waals surface area contributed by atoms with E-state index in [1.54, 1.807) is 0 Å². The standard InChI is InChI=1S/2C9H16O2/c1-7-2-4-8(5-3-7)6-9(10)11;1-7-4-2-3-5-8(7)6-9(10)11/h2*7-8H,2-6H2,1H3,(H,10,11). The highest BCUT2D eigenvalue weighted by atomic mass is 16.4. The molecule has 0 bridgehead atoms. The highest BCUT2D eigenvalue weighted by molar-refractivity contribution is 5.67. The summed E-state index contributed by atoms with van der Waals surface area (Å²) in [7, 11) is 0. The first-order valence-corrected chi connectivity index (χ1v) is 8.82. The minimum atomic E-state index is -0.635. The molecule has 4 nitrogen and oxygen atoms in total. The van der Waals surface area contributed by atoms with E-state index >= 15 is 0 Å². The monoisotopic (exact) mass is 312 g/mol. The summed E-state index contributed by atoms with van der Waals surface area (Å²) in [6, 6.07) is 0. The maximum atomic E-state index is 10.4. The van der Waals surface area contributed by atoms with E-state index in [1.165, 1.54) is 32.1 Å². The fourth-order valence-electron chi connectivity index (χ4n) is 3.70. The Morgan fingerprint density at radius 2 is 1.36 bits per heavy atom. The highest BCUT2D eigenvalue weighted by Gasteiger charge is 2.23. The molecular weight excluding hydrogens is 280 g/mol. The van der Waals surface area contributed by atoms with Crippen LogP contribution in [0.2, 0.25) is 0 Å². The Bertz CT molecular complexity index is 345. The molecule has 2 fully saturated rings. The van der Waals surface area contributed by atoms with Gasteiger partial charge in [0.2, 0.25) is 0 Å². The van der Waals surface area contributed by atoms with Crippen molar-refractivity contribution in [1.82, 2.24) is 0 Å². The maximum absolute atomic E-state index is 10.4. The van der Waals surface area contributed by atoms with Crippen molar-refractivity contribution in [3.63, 3.8) is 0 Å². The van der Waals surface area contributed by atoms with E-state index < -0.39 is 11.9 Å². The van der Waals surface area contributed by atoms with E-state index in [4.69, 9.17) is 10.2 Å². The van der Waals surface area contributed by atoms with Crippen molar-refractivity contribution in [1.29, 1.82) is 0 Å². The first-order chi connectivity index (χ1) is 10.4. The predicted octanol–water partition coefficient (Wildman–Crippen LogP) is 4.57. The van der Waals surface area contributed by atoms with Crippen LogP contribution >= 0.6 is 0 Å². The molecule has 0 aromatic heterocycles. The third kappa shape index (κ3) is 7.81. The summed E-state index contributed by atoms with van der Waals surface area (Å²) in [5.41, 5.74) is 0. The van der Waals surface area contributed by atoms with Crippen LogP contribution < -0.4 is 0 Å². The zero-order valence-electron chi connectivity index (χ0n) is 14.1. The minimum Gasteiger partial charge on any atom is -0.481 e. The Hall–Kier alpha value is -1.06. The second kappa shape index (κ2) is 9.86. The number of rotatable bonds is 4. The molecule has 2 aliphatic carbocycles. The number of carboxylic acids is 2. The summed E-state index contributed by atoms with van der Waals surface area (Å²) in [4.78, 5) is 20.8. The highest BCUT2D eigenvalue weighted by Crippen LogP contribution is 2.31. The fraction of sp³-hybridized carbons (Fsp3) is 0.889. The normalized spacial score (nSPS) is 31.7.